The number of esters is 1. The van der Waals surface area contributed by atoms with Gasteiger partial charge >= 0.3 is 5.97 Å². The van der Waals surface area contributed by atoms with Gasteiger partial charge in [-0.25, -0.2) is 0 Å². The highest BCUT2D eigenvalue weighted by molar-refractivity contribution is 5.65. The minimum Gasteiger partial charge on any atom is -0.465 e. The van der Waals surface area contributed by atoms with Crippen molar-refractivity contribution in [3.63, 3.8) is 0 Å². The second-order valence-electron chi connectivity index (χ2n) is 8.48. The molecule has 0 aliphatic heterocycles. The van der Waals surface area contributed by atoms with Crippen molar-refractivity contribution in [1.82, 2.24) is 0 Å². The lowest BCUT2D eigenvalue weighted by atomic mass is 9.47. The zero-order valence-corrected chi connectivity index (χ0v) is 16.0. The highest BCUT2D eigenvalue weighted by Crippen LogP contribution is 2.61. The van der Waals surface area contributed by atoms with Gasteiger partial charge in [-0.05, 0) is 56.3 Å². The molecule has 0 heterocycles. The van der Waals surface area contributed by atoms with E-state index in [9.17, 15) is 4.79 Å². The van der Waals surface area contributed by atoms with Crippen molar-refractivity contribution < 1.29 is 9.53 Å². The first-order valence-corrected chi connectivity index (χ1v) is 9.33. The molecular formula is C22H34O2. The normalized spacial score (nSPS) is 36.8. The molecule has 2 saturated carbocycles. The molecular weight excluding hydrogens is 296 g/mol. The zero-order chi connectivity index (χ0) is 18.0. The summed E-state index contributed by atoms with van der Waals surface area (Å²) < 4.78 is 5.47. The Hall–Kier alpha value is -1.31. The van der Waals surface area contributed by atoms with Gasteiger partial charge < -0.3 is 4.74 Å². The molecule has 2 nitrogen and oxygen atoms in total. The van der Waals surface area contributed by atoms with Crippen LogP contribution in [0.3, 0.4) is 0 Å². The summed E-state index contributed by atoms with van der Waals surface area (Å²) in [5.41, 5.74) is 2.99. The molecule has 0 spiro atoms. The van der Waals surface area contributed by atoms with Crippen LogP contribution in [0.1, 0.15) is 66.2 Å². The van der Waals surface area contributed by atoms with Gasteiger partial charge in [0.15, 0.2) is 0 Å². The molecule has 0 unspecified atom stereocenters. The molecule has 2 rings (SSSR count). The smallest absolute Gasteiger partial charge is 0.302 e. The fourth-order valence-corrected chi connectivity index (χ4v) is 5.35. The molecule has 24 heavy (non-hydrogen) atoms. The second kappa shape index (κ2) is 7.29. The number of carbonyl (C=O) groups excluding carboxylic acids is 1. The van der Waals surface area contributed by atoms with Crippen LogP contribution in [0.25, 0.3) is 0 Å². The summed E-state index contributed by atoms with van der Waals surface area (Å²) in [6.45, 7) is 17.3. The van der Waals surface area contributed by atoms with Gasteiger partial charge in [-0.15, -0.1) is 0 Å². The van der Waals surface area contributed by atoms with Crippen LogP contribution in [-0.4, -0.2) is 12.6 Å². The summed E-state index contributed by atoms with van der Waals surface area (Å²) in [7, 11) is 0. The van der Waals surface area contributed by atoms with E-state index in [1.54, 1.807) is 0 Å². The van der Waals surface area contributed by atoms with Gasteiger partial charge in [-0.2, -0.15) is 0 Å². The number of carbonyl (C=O) groups is 1. The standard InChI is InChI=1S/C22H34O2/c1-7-16(2)9-11-19-17(3)10-12-20-21(5,15-24-18(4)23)13-8-14-22(19,20)6/h7,9,19-20H,1,3,8,10-15H2,2,4-6H3/b16-9+/t19-,20-,21+,22+/m0/s1. The van der Waals surface area contributed by atoms with E-state index in [4.69, 9.17) is 4.74 Å². The van der Waals surface area contributed by atoms with E-state index in [0.717, 1.165) is 19.3 Å². The van der Waals surface area contributed by atoms with Gasteiger partial charge in [-0.3, -0.25) is 4.79 Å². The lowest BCUT2D eigenvalue weighted by molar-refractivity contribution is -0.152. The third-order valence-electron chi connectivity index (χ3n) is 6.75. The van der Waals surface area contributed by atoms with Gasteiger partial charge in [0.05, 0.1) is 6.61 Å². The van der Waals surface area contributed by atoms with E-state index in [2.05, 4.69) is 40.0 Å². The lowest BCUT2D eigenvalue weighted by Gasteiger charge is -2.58. The Morgan fingerprint density at radius 2 is 2.04 bits per heavy atom. The van der Waals surface area contributed by atoms with Crippen LogP contribution in [0.4, 0.5) is 0 Å². The quantitative estimate of drug-likeness (QED) is 0.359. The Kier molecular flexibility index (Phi) is 5.78. The molecule has 0 aromatic carbocycles. The average molecular weight is 331 g/mol. The van der Waals surface area contributed by atoms with Crippen molar-refractivity contribution in [3.8, 4) is 0 Å². The predicted octanol–water partition coefficient (Wildman–Crippen LogP) is 5.85. The molecule has 0 aromatic rings. The molecule has 0 aromatic heterocycles. The van der Waals surface area contributed by atoms with Crippen molar-refractivity contribution in [2.75, 3.05) is 6.61 Å². The van der Waals surface area contributed by atoms with Crippen LogP contribution in [-0.2, 0) is 9.53 Å². The van der Waals surface area contributed by atoms with Crippen LogP contribution >= 0.6 is 0 Å². The van der Waals surface area contributed by atoms with E-state index < -0.39 is 0 Å². The molecule has 2 heteroatoms. The summed E-state index contributed by atoms with van der Waals surface area (Å²) in [4.78, 5) is 11.3. The topological polar surface area (TPSA) is 26.3 Å². The first kappa shape index (κ1) is 19.0. The highest BCUT2D eigenvalue weighted by atomic mass is 16.5. The number of hydrogen-bond donors (Lipinski definition) is 0. The Bertz CT molecular complexity index is 544. The van der Waals surface area contributed by atoms with E-state index >= 15 is 0 Å². The van der Waals surface area contributed by atoms with Crippen LogP contribution in [0, 0.1) is 22.7 Å². The van der Waals surface area contributed by atoms with E-state index in [1.807, 2.05) is 6.08 Å². The van der Waals surface area contributed by atoms with E-state index in [-0.39, 0.29) is 16.8 Å². The number of ether oxygens (including phenoxy) is 1. The highest BCUT2D eigenvalue weighted by Gasteiger charge is 2.54. The molecule has 0 radical (unpaired) electrons. The maximum Gasteiger partial charge on any atom is 0.302 e. The molecule has 0 bridgehead atoms. The van der Waals surface area contributed by atoms with Crippen molar-refractivity contribution >= 4 is 5.97 Å². The Morgan fingerprint density at radius 1 is 1.33 bits per heavy atom. The minimum absolute atomic E-state index is 0.0921. The van der Waals surface area contributed by atoms with Gasteiger partial charge in [0.25, 0.3) is 0 Å². The summed E-state index contributed by atoms with van der Waals surface area (Å²) >= 11 is 0. The van der Waals surface area contributed by atoms with Gasteiger partial charge in [0.1, 0.15) is 0 Å². The number of rotatable bonds is 5. The fraction of sp³-hybridized carbons (Fsp3) is 0.682. The van der Waals surface area contributed by atoms with Gasteiger partial charge in [-0.1, -0.05) is 56.7 Å². The summed E-state index contributed by atoms with van der Waals surface area (Å²) in [6, 6.07) is 0. The van der Waals surface area contributed by atoms with Crippen molar-refractivity contribution in [1.29, 1.82) is 0 Å². The molecule has 0 N–H and O–H groups in total. The van der Waals surface area contributed by atoms with Gasteiger partial charge in [0, 0.05) is 12.3 Å². The second-order valence-corrected chi connectivity index (χ2v) is 8.48. The van der Waals surface area contributed by atoms with Crippen LogP contribution in [0.2, 0.25) is 0 Å². The zero-order valence-electron chi connectivity index (χ0n) is 16.0. The average Bonchev–Trinajstić information content (AvgIpc) is 2.51. The maximum absolute atomic E-state index is 11.3. The summed E-state index contributed by atoms with van der Waals surface area (Å²) in [5.74, 6) is 0.943. The number of fused-ring (bicyclic) bond motifs is 1. The first-order valence-electron chi connectivity index (χ1n) is 9.33. The lowest BCUT2D eigenvalue weighted by Crippen LogP contribution is -2.52. The van der Waals surface area contributed by atoms with Gasteiger partial charge in [0.2, 0.25) is 0 Å². The number of allylic oxidation sites excluding steroid dienone is 4. The predicted molar refractivity (Wildman–Crippen MR) is 101 cm³/mol. The third-order valence-corrected chi connectivity index (χ3v) is 6.75. The Labute approximate surface area is 148 Å². The van der Waals surface area contributed by atoms with Crippen LogP contribution < -0.4 is 0 Å². The van der Waals surface area contributed by atoms with Crippen molar-refractivity contribution in [2.24, 2.45) is 22.7 Å². The maximum atomic E-state index is 11.3. The third kappa shape index (κ3) is 3.68. The van der Waals surface area contributed by atoms with E-state index in [0.29, 0.717) is 18.4 Å². The minimum atomic E-state index is -0.162. The van der Waals surface area contributed by atoms with Crippen LogP contribution in [0.15, 0.2) is 36.5 Å². The Balaban J connectivity index is 2.27. The van der Waals surface area contributed by atoms with Crippen molar-refractivity contribution in [2.45, 2.75) is 66.2 Å². The summed E-state index contributed by atoms with van der Waals surface area (Å²) in [5, 5.41) is 0. The summed E-state index contributed by atoms with van der Waals surface area (Å²) in [6.07, 6.45) is 11.2. The molecule has 2 aliphatic rings. The Morgan fingerprint density at radius 3 is 2.67 bits per heavy atom. The number of hydrogen-bond acceptors (Lipinski definition) is 2. The van der Waals surface area contributed by atoms with E-state index in [1.165, 1.54) is 37.3 Å². The first-order chi connectivity index (χ1) is 11.2. The molecule has 134 valence electrons. The van der Waals surface area contributed by atoms with Crippen LogP contribution in [0.5, 0.6) is 0 Å². The fourth-order valence-electron chi connectivity index (χ4n) is 5.35. The SMILES string of the molecule is C=C/C(C)=C/C[C@H]1C(=C)CC[C@H]2[C@@](C)(COC(C)=O)CCC[C@]12C. The molecule has 4 atom stereocenters. The molecule has 2 fully saturated rings. The van der Waals surface area contributed by atoms with Crippen molar-refractivity contribution in [3.05, 3.63) is 36.5 Å². The largest absolute Gasteiger partial charge is 0.465 e. The monoisotopic (exact) mass is 330 g/mol. The molecule has 2 aliphatic carbocycles. The molecule has 0 amide bonds. The molecule has 0 saturated heterocycles.